The number of halogens is 1. The van der Waals surface area contributed by atoms with Crippen LogP contribution in [0.4, 0.5) is 11.4 Å². The Kier molecular flexibility index (Phi) is 5.20. The van der Waals surface area contributed by atoms with Gasteiger partial charge in [0.15, 0.2) is 0 Å². The highest BCUT2D eigenvalue weighted by Crippen LogP contribution is 2.40. The van der Waals surface area contributed by atoms with E-state index >= 15 is 0 Å². The molecule has 0 radical (unpaired) electrons. The van der Waals surface area contributed by atoms with E-state index in [0.717, 1.165) is 75.3 Å². The van der Waals surface area contributed by atoms with Crippen molar-refractivity contribution in [2.24, 2.45) is 0 Å². The number of benzene rings is 2. The van der Waals surface area contributed by atoms with Crippen LogP contribution in [0.2, 0.25) is 0 Å². The number of aromatic amines is 1. The summed E-state index contributed by atoms with van der Waals surface area (Å²) < 4.78 is 0.956. The molecule has 0 amide bonds. The first-order chi connectivity index (χ1) is 15.0. The van der Waals surface area contributed by atoms with Crippen LogP contribution in [0.1, 0.15) is 5.56 Å². The number of pyridine rings is 1. The van der Waals surface area contributed by atoms with Crippen molar-refractivity contribution in [1.82, 2.24) is 14.9 Å². The molecule has 1 aliphatic rings. The molecule has 6 heteroatoms. The Labute approximate surface area is 191 Å². The van der Waals surface area contributed by atoms with Crippen molar-refractivity contribution in [3.63, 3.8) is 0 Å². The number of aromatic nitrogens is 2. The van der Waals surface area contributed by atoms with Gasteiger partial charge in [0, 0.05) is 59.2 Å². The summed E-state index contributed by atoms with van der Waals surface area (Å²) in [5, 5.41) is 1.08. The Hall–Kier alpha value is -2.83. The van der Waals surface area contributed by atoms with Gasteiger partial charge in [0.05, 0.1) is 5.69 Å². The van der Waals surface area contributed by atoms with Crippen LogP contribution in [0.25, 0.3) is 33.4 Å². The van der Waals surface area contributed by atoms with Crippen molar-refractivity contribution in [3.8, 4) is 22.4 Å². The van der Waals surface area contributed by atoms with Crippen LogP contribution < -0.4 is 10.6 Å². The van der Waals surface area contributed by atoms with Crippen LogP contribution in [-0.4, -0.2) is 48.1 Å². The predicted molar refractivity (Wildman–Crippen MR) is 134 cm³/mol. The van der Waals surface area contributed by atoms with E-state index < -0.39 is 0 Å². The Balaban J connectivity index is 1.60. The highest BCUT2D eigenvalue weighted by Gasteiger charge is 2.18. The summed E-state index contributed by atoms with van der Waals surface area (Å²) >= 11 is 3.58. The molecule has 2 aromatic heterocycles. The Morgan fingerprint density at radius 1 is 0.968 bits per heavy atom. The first-order valence-corrected chi connectivity index (χ1v) is 11.4. The first kappa shape index (κ1) is 20.1. The maximum atomic E-state index is 6.26. The summed E-state index contributed by atoms with van der Waals surface area (Å²) in [5.41, 5.74) is 14.7. The molecule has 31 heavy (non-hydrogen) atoms. The summed E-state index contributed by atoms with van der Waals surface area (Å²) in [7, 11) is 2.18. The van der Waals surface area contributed by atoms with Gasteiger partial charge in [-0.25, -0.2) is 4.98 Å². The second kappa shape index (κ2) is 8.02. The summed E-state index contributed by atoms with van der Waals surface area (Å²) in [5.74, 6) is 0. The number of piperazine rings is 1. The number of fused-ring (bicyclic) bond motifs is 1. The van der Waals surface area contributed by atoms with Crippen LogP contribution in [-0.2, 0) is 0 Å². The second-order valence-corrected chi connectivity index (χ2v) is 9.25. The zero-order valence-corrected chi connectivity index (χ0v) is 19.4. The van der Waals surface area contributed by atoms with Crippen molar-refractivity contribution >= 4 is 38.3 Å². The number of nitrogens with one attached hydrogen (secondary N) is 1. The summed E-state index contributed by atoms with van der Waals surface area (Å²) in [6.45, 7) is 6.36. The molecular formula is C25H26BrN5. The topological polar surface area (TPSA) is 61.2 Å². The van der Waals surface area contributed by atoms with Gasteiger partial charge in [0.2, 0.25) is 0 Å². The normalized spacial score (nSPS) is 15.0. The lowest BCUT2D eigenvalue weighted by atomic mass is 9.97. The Morgan fingerprint density at radius 2 is 1.68 bits per heavy atom. The van der Waals surface area contributed by atoms with E-state index in [2.05, 4.69) is 91.3 Å². The third kappa shape index (κ3) is 3.82. The van der Waals surface area contributed by atoms with Gasteiger partial charge in [-0.1, -0.05) is 24.3 Å². The zero-order chi connectivity index (χ0) is 21.5. The van der Waals surface area contributed by atoms with Gasteiger partial charge in [-0.05, 0) is 70.9 Å². The molecule has 4 aromatic rings. The monoisotopic (exact) mass is 475 g/mol. The maximum absolute atomic E-state index is 6.26. The van der Waals surface area contributed by atoms with Crippen molar-refractivity contribution in [1.29, 1.82) is 0 Å². The molecule has 3 N–H and O–H groups in total. The Bertz CT molecular complexity index is 1240. The SMILES string of the molecule is Cc1ccc(-c2c(-c3ccc(N4CCN(C)CC4)cc3)[nH]c3ncc(Br)cc23)cc1N. The van der Waals surface area contributed by atoms with Crippen LogP contribution >= 0.6 is 15.9 Å². The largest absolute Gasteiger partial charge is 0.398 e. The van der Waals surface area contributed by atoms with E-state index in [1.165, 1.54) is 5.69 Å². The molecule has 0 saturated carbocycles. The molecule has 0 aliphatic carbocycles. The minimum atomic E-state index is 0.797. The molecule has 3 heterocycles. The van der Waals surface area contributed by atoms with Crippen molar-refractivity contribution < 1.29 is 0 Å². The molecule has 0 unspecified atom stereocenters. The van der Waals surface area contributed by atoms with E-state index in [9.17, 15) is 0 Å². The third-order valence-corrected chi connectivity index (χ3v) is 6.64. The number of aryl methyl sites for hydroxylation is 1. The molecule has 1 aliphatic heterocycles. The predicted octanol–water partition coefficient (Wildman–Crippen LogP) is 5.30. The van der Waals surface area contributed by atoms with E-state index in [4.69, 9.17) is 5.73 Å². The molecule has 158 valence electrons. The lowest BCUT2D eigenvalue weighted by Gasteiger charge is -2.34. The van der Waals surface area contributed by atoms with Crippen molar-refractivity contribution in [2.45, 2.75) is 6.92 Å². The smallest absolute Gasteiger partial charge is 0.138 e. The summed E-state index contributed by atoms with van der Waals surface area (Å²) in [6.07, 6.45) is 1.83. The summed E-state index contributed by atoms with van der Waals surface area (Å²) in [6, 6.07) is 17.2. The van der Waals surface area contributed by atoms with Gasteiger partial charge >= 0.3 is 0 Å². The lowest BCUT2D eigenvalue weighted by Crippen LogP contribution is -2.44. The van der Waals surface area contributed by atoms with E-state index in [1.807, 2.05) is 13.1 Å². The first-order valence-electron chi connectivity index (χ1n) is 10.6. The lowest BCUT2D eigenvalue weighted by molar-refractivity contribution is 0.313. The van der Waals surface area contributed by atoms with E-state index in [0.29, 0.717) is 0 Å². The van der Waals surface area contributed by atoms with Gasteiger partial charge in [-0.15, -0.1) is 0 Å². The second-order valence-electron chi connectivity index (χ2n) is 8.33. The van der Waals surface area contributed by atoms with Crippen LogP contribution in [0, 0.1) is 6.92 Å². The number of likely N-dealkylation sites (N-methyl/N-ethyl adjacent to an activating group) is 1. The number of nitrogens with two attached hydrogens (primary N) is 1. The molecule has 1 fully saturated rings. The van der Waals surface area contributed by atoms with E-state index in [1.54, 1.807) is 0 Å². The maximum Gasteiger partial charge on any atom is 0.138 e. The average molecular weight is 476 g/mol. The number of anilines is 2. The van der Waals surface area contributed by atoms with Crippen molar-refractivity contribution in [2.75, 3.05) is 43.9 Å². The number of hydrogen-bond donors (Lipinski definition) is 2. The van der Waals surface area contributed by atoms with Gasteiger partial charge < -0.3 is 20.5 Å². The van der Waals surface area contributed by atoms with Gasteiger partial charge in [0.1, 0.15) is 5.65 Å². The molecule has 0 atom stereocenters. The highest BCUT2D eigenvalue weighted by molar-refractivity contribution is 9.10. The molecule has 5 nitrogen and oxygen atoms in total. The molecule has 1 saturated heterocycles. The van der Waals surface area contributed by atoms with Crippen LogP contribution in [0.5, 0.6) is 0 Å². The number of nitrogen functional groups attached to an aromatic ring is 1. The van der Waals surface area contributed by atoms with Crippen LogP contribution in [0.15, 0.2) is 59.2 Å². The number of hydrogen-bond acceptors (Lipinski definition) is 4. The number of nitrogens with zero attached hydrogens (tertiary/aromatic N) is 3. The van der Waals surface area contributed by atoms with Gasteiger partial charge in [-0.2, -0.15) is 0 Å². The summed E-state index contributed by atoms with van der Waals surface area (Å²) in [4.78, 5) is 13.0. The molecule has 0 bridgehead atoms. The fourth-order valence-corrected chi connectivity index (χ4v) is 4.59. The quantitative estimate of drug-likeness (QED) is 0.394. The molecule has 2 aromatic carbocycles. The van der Waals surface area contributed by atoms with Gasteiger partial charge in [0.25, 0.3) is 0 Å². The average Bonchev–Trinajstić information content (AvgIpc) is 3.15. The third-order valence-electron chi connectivity index (χ3n) is 6.21. The van der Waals surface area contributed by atoms with Crippen LogP contribution in [0.3, 0.4) is 0 Å². The fraction of sp³-hybridized carbons (Fsp3) is 0.240. The highest BCUT2D eigenvalue weighted by atomic mass is 79.9. The number of H-pyrrole nitrogens is 1. The van der Waals surface area contributed by atoms with Crippen molar-refractivity contribution in [3.05, 3.63) is 64.8 Å². The Morgan fingerprint density at radius 3 is 2.39 bits per heavy atom. The van der Waals surface area contributed by atoms with E-state index in [-0.39, 0.29) is 0 Å². The standard InChI is InChI=1S/C25H26BrN5/c1-16-3-4-18(13-22(16)27)23-21-14-19(26)15-28-25(21)29-24(23)17-5-7-20(8-6-17)31-11-9-30(2)10-12-31/h3-8,13-15H,9-12,27H2,1-2H3,(H,28,29). The minimum absolute atomic E-state index is 0.797. The zero-order valence-electron chi connectivity index (χ0n) is 17.8. The molecular weight excluding hydrogens is 450 g/mol. The molecule has 0 spiro atoms. The fourth-order valence-electron chi connectivity index (χ4n) is 4.26. The number of rotatable bonds is 3. The van der Waals surface area contributed by atoms with Gasteiger partial charge in [-0.3, -0.25) is 0 Å². The minimum Gasteiger partial charge on any atom is -0.398 e. The molecule has 5 rings (SSSR count).